The summed E-state index contributed by atoms with van der Waals surface area (Å²) in [6.07, 6.45) is 7.40. The first-order valence-corrected chi connectivity index (χ1v) is 8.22. The third-order valence-corrected chi connectivity index (χ3v) is 5.49. The molecule has 1 N–H and O–H groups in total. The van der Waals surface area contributed by atoms with E-state index < -0.39 is 0 Å². The van der Waals surface area contributed by atoms with Crippen molar-refractivity contribution in [3.8, 4) is 0 Å². The number of rotatable bonds is 7. The molecule has 3 rings (SSSR count). The Morgan fingerprint density at radius 3 is 2.81 bits per heavy atom. The number of hydrogen-bond donors (Lipinski definition) is 1. The van der Waals surface area contributed by atoms with Crippen LogP contribution >= 0.6 is 0 Å². The number of nitrogens with one attached hydrogen (secondary N) is 1. The molecule has 1 aromatic rings. The van der Waals surface area contributed by atoms with Crippen molar-refractivity contribution in [1.29, 1.82) is 0 Å². The third-order valence-electron chi connectivity index (χ3n) is 5.49. The Balaban J connectivity index is 1.57. The molecule has 4 nitrogen and oxygen atoms in total. The fourth-order valence-corrected chi connectivity index (χ4v) is 4.00. The van der Waals surface area contributed by atoms with Gasteiger partial charge in [-0.25, -0.2) is 0 Å². The monoisotopic (exact) mass is 292 g/mol. The fraction of sp³-hybridized carbons (Fsp3) is 0.765. The second-order valence-electron chi connectivity index (χ2n) is 6.72. The predicted octanol–water partition coefficient (Wildman–Crippen LogP) is 2.82. The molecule has 0 saturated heterocycles. The van der Waals surface area contributed by atoms with Crippen LogP contribution in [0.5, 0.6) is 0 Å². The minimum absolute atomic E-state index is 0.295. The quantitative estimate of drug-likeness (QED) is 0.838. The molecule has 2 saturated carbocycles. The highest BCUT2D eigenvalue weighted by Crippen LogP contribution is 2.57. The van der Waals surface area contributed by atoms with Gasteiger partial charge in [0, 0.05) is 24.6 Å². The average molecular weight is 292 g/mol. The number of hydrogen-bond acceptors (Lipinski definition) is 4. The van der Waals surface area contributed by atoms with Gasteiger partial charge in [0.25, 0.3) is 0 Å². The Morgan fingerprint density at radius 2 is 2.29 bits per heavy atom. The minimum atomic E-state index is 0.295. The summed E-state index contributed by atoms with van der Waals surface area (Å²) in [6.45, 7) is 3.88. The molecule has 0 bridgehead atoms. The number of likely N-dealkylation sites (N-methyl/N-ethyl adjacent to an activating group) is 1. The van der Waals surface area contributed by atoms with E-state index in [4.69, 9.17) is 9.15 Å². The maximum atomic E-state index is 5.92. The van der Waals surface area contributed by atoms with Crippen molar-refractivity contribution in [2.24, 2.45) is 5.41 Å². The van der Waals surface area contributed by atoms with Gasteiger partial charge in [-0.15, -0.1) is 0 Å². The number of furan rings is 1. The van der Waals surface area contributed by atoms with Crippen LogP contribution in [0.25, 0.3) is 0 Å². The molecular weight excluding hydrogens is 264 g/mol. The summed E-state index contributed by atoms with van der Waals surface area (Å²) >= 11 is 0. The first-order chi connectivity index (χ1) is 10.2. The number of nitrogens with zero attached hydrogens (tertiary/aromatic N) is 1. The van der Waals surface area contributed by atoms with Gasteiger partial charge in [-0.1, -0.05) is 6.42 Å². The van der Waals surface area contributed by atoms with Gasteiger partial charge in [0.2, 0.25) is 0 Å². The van der Waals surface area contributed by atoms with Gasteiger partial charge in [-0.3, -0.25) is 4.90 Å². The number of ether oxygens (including phenoxy) is 1. The molecule has 2 aliphatic rings. The lowest BCUT2D eigenvalue weighted by molar-refractivity contribution is -0.173. The highest BCUT2D eigenvalue weighted by Gasteiger charge is 2.58. The van der Waals surface area contributed by atoms with Crippen LogP contribution in [0.3, 0.4) is 0 Å². The van der Waals surface area contributed by atoms with Gasteiger partial charge in [0.05, 0.1) is 18.4 Å². The van der Waals surface area contributed by atoms with E-state index in [2.05, 4.69) is 37.3 Å². The van der Waals surface area contributed by atoms with Gasteiger partial charge in [-0.2, -0.15) is 0 Å². The maximum Gasteiger partial charge on any atom is 0.122 e. The van der Waals surface area contributed by atoms with Gasteiger partial charge in [0.15, 0.2) is 0 Å². The smallest absolute Gasteiger partial charge is 0.122 e. The Morgan fingerprint density at radius 1 is 1.48 bits per heavy atom. The summed E-state index contributed by atoms with van der Waals surface area (Å²) in [6, 6.07) is 4.94. The molecule has 118 valence electrons. The SMILES string of the molecule is CCOC1CC(NCC(c2ccco2)N(C)C)C12CCC2. The Kier molecular flexibility index (Phi) is 4.38. The molecule has 0 radical (unpaired) electrons. The highest BCUT2D eigenvalue weighted by atomic mass is 16.5. The van der Waals surface area contributed by atoms with Gasteiger partial charge < -0.3 is 14.5 Å². The van der Waals surface area contributed by atoms with Crippen LogP contribution in [-0.4, -0.2) is 44.3 Å². The van der Waals surface area contributed by atoms with Crippen molar-refractivity contribution in [2.45, 2.75) is 50.8 Å². The molecule has 1 heterocycles. The molecular formula is C17H28N2O2. The topological polar surface area (TPSA) is 37.6 Å². The molecule has 1 spiro atoms. The van der Waals surface area contributed by atoms with Crippen molar-refractivity contribution in [1.82, 2.24) is 10.2 Å². The molecule has 0 aromatic carbocycles. The van der Waals surface area contributed by atoms with Crippen LogP contribution in [0.1, 0.15) is 44.4 Å². The first kappa shape index (κ1) is 15.1. The summed E-state index contributed by atoms with van der Waals surface area (Å²) in [4.78, 5) is 2.22. The lowest BCUT2D eigenvalue weighted by Gasteiger charge is -2.61. The Labute approximate surface area is 127 Å². The highest BCUT2D eigenvalue weighted by molar-refractivity contribution is 5.13. The van der Waals surface area contributed by atoms with Crippen LogP contribution in [0.4, 0.5) is 0 Å². The zero-order valence-corrected chi connectivity index (χ0v) is 13.5. The lowest BCUT2D eigenvalue weighted by Crippen LogP contribution is -2.67. The van der Waals surface area contributed by atoms with Crippen molar-refractivity contribution >= 4 is 0 Å². The molecule has 1 aromatic heterocycles. The normalized spacial score (nSPS) is 28.4. The Bertz CT molecular complexity index is 440. The van der Waals surface area contributed by atoms with E-state index in [1.165, 1.54) is 19.3 Å². The van der Waals surface area contributed by atoms with Crippen molar-refractivity contribution in [3.63, 3.8) is 0 Å². The lowest BCUT2D eigenvalue weighted by atomic mass is 9.51. The van der Waals surface area contributed by atoms with Crippen LogP contribution in [0, 0.1) is 5.41 Å². The zero-order valence-electron chi connectivity index (χ0n) is 13.5. The van der Waals surface area contributed by atoms with Crippen molar-refractivity contribution < 1.29 is 9.15 Å². The van der Waals surface area contributed by atoms with Crippen LogP contribution in [0.15, 0.2) is 22.8 Å². The van der Waals surface area contributed by atoms with E-state index in [0.29, 0.717) is 23.6 Å². The fourth-order valence-electron chi connectivity index (χ4n) is 4.00. The second kappa shape index (κ2) is 6.11. The minimum Gasteiger partial charge on any atom is -0.468 e. The molecule has 0 aliphatic heterocycles. The summed E-state index contributed by atoms with van der Waals surface area (Å²) in [7, 11) is 4.22. The van der Waals surface area contributed by atoms with E-state index in [9.17, 15) is 0 Å². The van der Waals surface area contributed by atoms with Crippen LogP contribution in [-0.2, 0) is 4.74 Å². The largest absolute Gasteiger partial charge is 0.468 e. The summed E-state index contributed by atoms with van der Waals surface area (Å²) in [5.41, 5.74) is 0.427. The van der Waals surface area contributed by atoms with E-state index in [1.54, 1.807) is 6.26 Å². The predicted molar refractivity (Wildman–Crippen MR) is 83.2 cm³/mol. The molecule has 3 atom stereocenters. The average Bonchev–Trinajstić information content (AvgIpc) is 2.88. The molecule has 3 unspecified atom stereocenters. The second-order valence-corrected chi connectivity index (χ2v) is 6.72. The van der Waals surface area contributed by atoms with E-state index in [-0.39, 0.29) is 0 Å². The molecule has 2 aliphatic carbocycles. The summed E-state index contributed by atoms with van der Waals surface area (Å²) in [5, 5.41) is 3.79. The van der Waals surface area contributed by atoms with Crippen LogP contribution in [0.2, 0.25) is 0 Å². The van der Waals surface area contributed by atoms with E-state index in [0.717, 1.165) is 25.3 Å². The van der Waals surface area contributed by atoms with Gasteiger partial charge in [0.1, 0.15) is 5.76 Å². The van der Waals surface area contributed by atoms with Gasteiger partial charge >= 0.3 is 0 Å². The van der Waals surface area contributed by atoms with E-state index >= 15 is 0 Å². The first-order valence-electron chi connectivity index (χ1n) is 8.22. The molecule has 4 heteroatoms. The van der Waals surface area contributed by atoms with Gasteiger partial charge in [-0.05, 0) is 52.4 Å². The summed E-state index contributed by atoms with van der Waals surface area (Å²) < 4.78 is 11.5. The Hall–Kier alpha value is -0.840. The summed E-state index contributed by atoms with van der Waals surface area (Å²) in [5.74, 6) is 1.04. The zero-order chi connectivity index (χ0) is 14.9. The maximum absolute atomic E-state index is 5.92. The molecule has 0 amide bonds. The van der Waals surface area contributed by atoms with Crippen LogP contribution < -0.4 is 5.32 Å². The third kappa shape index (κ3) is 2.65. The molecule has 21 heavy (non-hydrogen) atoms. The standard InChI is InChI=1S/C17H28N2O2/c1-4-20-16-11-15(17(16)8-6-9-17)18-12-13(19(2)3)14-7-5-10-21-14/h5,7,10,13,15-16,18H,4,6,8-9,11-12H2,1-3H3. The van der Waals surface area contributed by atoms with Crippen molar-refractivity contribution in [2.75, 3.05) is 27.2 Å². The molecule has 2 fully saturated rings. The van der Waals surface area contributed by atoms with E-state index in [1.807, 2.05) is 6.07 Å². The van der Waals surface area contributed by atoms with Crippen molar-refractivity contribution in [3.05, 3.63) is 24.2 Å².